The van der Waals surface area contributed by atoms with E-state index < -0.39 is 0 Å². The molecule has 0 bridgehead atoms. The van der Waals surface area contributed by atoms with E-state index in [9.17, 15) is 0 Å². The summed E-state index contributed by atoms with van der Waals surface area (Å²) in [4.78, 5) is 0. The van der Waals surface area contributed by atoms with Crippen LogP contribution >= 0.6 is 15.9 Å². The van der Waals surface area contributed by atoms with Gasteiger partial charge < -0.3 is 10.6 Å². The maximum Gasteiger partial charge on any atom is 0.0489 e. The van der Waals surface area contributed by atoms with Crippen molar-refractivity contribution in [2.45, 2.75) is 51.6 Å². The van der Waals surface area contributed by atoms with Crippen LogP contribution in [0.25, 0.3) is 0 Å². The van der Waals surface area contributed by atoms with Gasteiger partial charge in [-0.15, -0.1) is 0 Å². The van der Waals surface area contributed by atoms with Gasteiger partial charge in [0.15, 0.2) is 0 Å². The fourth-order valence-electron chi connectivity index (χ4n) is 2.63. The van der Waals surface area contributed by atoms with Crippen LogP contribution in [0.4, 0.5) is 5.69 Å². The van der Waals surface area contributed by atoms with Crippen LogP contribution in [0, 0.1) is 6.92 Å². The van der Waals surface area contributed by atoms with Gasteiger partial charge in [-0.3, -0.25) is 0 Å². The minimum Gasteiger partial charge on any atom is -0.382 e. The van der Waals surface area contributed by atoms with Gasteiger partial charge in [-0.05, 0) is 73.3 Å². The molecule has 1 aromatic carbocycles. The molecule has 0 saturated carbocycles. The first-order valence-corrected chi connectivity index (χ1v) is 7.70. The second-order valence-electron chi connectivity index (χ2n) is 5.41. The quantitative estimate of drug-likeness (QED) is 0.875. The van der Waals surface area contributed by atoms with E-state index in [1.54, 1.807) is 0 Å². The molecule has 0 aromatic heterocycles. The van der Waals surface area contributed by atoms with Crippen LogP contribution in [0.3, 0.4) is 0 Å². The van der Waals surface area contributed by atoms with E-state index in [4.69, 9.17) is 0 Å². The Hall–Kier alpha value is -0.540. The number of anilines is 1. The molecule has 1 aliphatic rings. The summed E-state index contributed by atoms with van der Waals surface area (Å²) in [5.41, 5.74) is 2.50. The molecule has 1 saturated heterocycles. The number of hydrogen-bond donors (Lipinski definition) is 2. The Bertz CT molecular complexity index is 386. The van der Waals surface area contributed by atoms with Gasteiger partial charge in [0.2, 0.25) is 0 Å². The van der Waals surface area contributed by atoms with Crippen LogP contribution in [0.15, 0.2) is 22.7 Å². The van der Waals surface area contributed by atoms with Gasteiger partial charge >= 0.3 is 0 Å². The van der Waals surface area contributed by atoms with Crippen molar-refractivity contribution in [2.24, 2.45) is 0 Å². The molecular weight excluding hydrogens is 288 g/mol. The van der Waals surface area contributed by atoms with Crippen molar-refractivity contribution in [1.29, 1.82) is 0 Å². The fourth-order valence-corrected chi connectivity index (χ4v) is 2.99. The zero-order valence-corrected chi connectivity index (χ0v) is 12.9. The molecule has 1 aliphatic heterocycles. The minimum atomic E-state index is 0.499. The molecule has 2 unspecified atom stereocenters. The third-order valence-corrected chi connectivity index (χ3v) is 4.27. The molecule has 1 aromatic rings. The SMILES string of the molecule is Cc1ccc(Br)c(NC(C)CC2CCCCN2)c1. The lowest BCUT2D eigenvalue weighted by atomic mass is 9.98. The molecule has 18 heavy (non-hydrogen) atoms. The van der Waals surface area contributed by atoms with Gasteiger partial charge in [0.25, 0.3) is 0 Å². The fraction of sp³-hybridized carbons (Fsp3) is 0.600. The standard InChI is InChI=1S/C15H23BrN2/c1-11-6-7-14(16)15(9-11)18-12(2)10-13-5-3-4-8-17-13/h6-7,9,12-13,17-18H,3-5,8,10H2,1-2H3. The molecule has 1 heterocycles. The van der Waals surface area contributed by atoms with E-state index in [-0.39, 0.29) is 0 Å². The van der Waals surface area contributed by atoms with Gasteiger partial charge in [-0.2, -0.15) is 0 Å². The Morgan fingerprint density at radius 1 is 1.44 bits per heavy atom. The second-order valence-corrected chi connectivity index (χ2v) is 6.27. The van der Waals surface area contributed by atoms with Crippen LogP contribution in [-0.2, 0) is 0 Å². The van der Waals surface area contributed by atoms with Crippen molar-refractivity contribution >= 4 is 21.6 Å². The molecule has 0 aliphatic carbocycles. The maximum atomic E-state index is 3.61. The highest BCUT2D eigenvalue weighted by molar-refractivity contribution is 9.10. The average Bonchev–Trinajstić information content (AvgIpc) is 2.35. The Morgan fingerprint density at radius 3 is 3.00 bits per heavy atom. The number of halogens is 1. The Kier molecular flexibility index (Phi) is 5.07. The van der Waals surface area contributed by atoms with E-state index in [1.165, 1.54) is 43.5 Å². The van der Waals surface area contributed by atoms with Crippen molar-refractivity contribution in [3.05, 3.63) is 28.2 Å². The van der Waals surface area contributed by atoms with Crippen LogP contribution in [0.1, 0.15) is 38.2 Å². The Morgan fingerprint density at radius 2 is 2.28 bits per heavy atom. The van der Waals surface area contributed by atoms with Crippen molar-refractivity contribution in [1.82, 2.24) is 5.32 Å². The van der Waals surface area contributed by atoms with E-state index in [0.717, 1.165) is 4.47 Å². The van der Waals surface area contributed by atoms with E-state index in [0.29, 0.717) is 12.1 Å². The summed E-state index contributed by atoms with van der Waals surface area (Å²) in [6.45, 7) is 5.58. The highest BCUT2D eigenvalue weighted by atomic mass is 79.9. The highest BCUT2D eigenvalue weighted by Gasteiger charge is 2.16. The molecule has 0 spiro atoms. The smallest absolute Gasteiger partial charge is 0.0489 e. The van der Waals surface area contributed by atoms with Crippen LogP contribution in [-0.4, -0.2) is 18.6 Å². The second kappa shape index (κ2) is 6.58. The minimum absolute atomic E-state index is 0.499. The predicted octanol–water partition coefficient (Wildman–Crippen LogP) is 4.09. The maximum absolute atomic E-state index is 3.61. The average molecular weight is 311 g/mol. The van der Waals surface area contributed by atoms with Crippen LogP contribution in [0.2, 0.25) is 0 Å². The first kappa shape index (κ1) is 13.9. The molecule has 2 N–H and O–H groups in total. The van der Waals surface area contributed by atoms with Gasteiger partial charge in [0.1, 0.15) is 0 Å². The topological polar surface area (TPSA) is 24.1 Å². The zero-order valence-electron chi connectivity index (χ0n) is 11.3. The highest BCUT2D eigenvalue weighted by Crippen LogP contribution is 2.25. The molecule has 0 radical (unpaired) electrons. The van der Waals surface area contributed by atoms with Crippen molar-refractivity contribution < 1.29 is 0 Å². The number of rotatable bonds is 4. The van der Waals surface area contributed by atoms with E-state index in [1.807, 2.05) is 0 Å². The first-order valence-electron chi connectivity index (χ1n) is 6.91. The van der Waals surface area contributed by atoms with Gasteiger partial charge in [0, 0.05) is 22.2 Å². The van der Waals surface area contributed by atoms with Gasteiger partial charge in [0.05, 0.1) is 0 Å². The summed E-state index contributed by atoms with van der Waals surface area (Å²) in [7, 11) is 0. The summed E-state index contributed by atoms with van der Waals surface area (Å²) in [6.07, 6.45) is 5.22. The van der Waals surface area contributed by atoms with E-state index >= 15 is 0 Å². The first-order chi connectivity index (χ1) is 8.65. The lowest BCUT2D eigenvalue weighted by Gasteiger charge is -2.27. The molecule has 2 nitrogen and oxygen atoms in total. The number of piperidine rings is 1. The molecule has 0 amide bonds. The summed E-state index contributed by atoms with van der Waals surface area (Å²) in [5.74, 6) is 0. The largest absolute Gasteiger partial charge is 0.382 e. The Balaban J connectivity index is 1.89. The van der Waals surface area contributed by atoms with Crippen molar-refractivity contribution in [3.63, 3.8) is 0 Å². The zero-order chi connectivity index (χ0) is 13.0. The third kappa shape index (κ3) is 3.99. The van der Waals surface area contributed by atoms with Crippen LogP contribution in [0.5, 0.6) is 0 Å². The molecule has 1 fully saturated rings. The molecule has 3 heteroatoms. The summed E-state index contributed by atoms with van der Waals surface area (Å²) in [5, 5.41) is 7.22. The Labute approximate surface area is 119 Å². The van der Waals surface area contributed by atoms with Gasteiger partial charge in [-0.1, -0.05) is 12.5 Å². The molecule has 2 atom stereocenters. The van der Waals surface area contributed by atoms with Crippen molar-refractivity contribution in [3.8, 4) is 0 Å². The summed E-state index contributed by atoms with van der Waals surface area (Å²) in [6, 6.07) is 7.63. The number of aryl methyl sites for hydroxylation is 1. The number of nitrogens with one attached hydrogen (secondary N) is 2. The molecular formula is C15H23BrN2. The number of benzene rings is 1. The number of hydrogen-bond acceptors (Lipinski definition) is 2. The molecule has 100 valence electrons. The van der Waals surface area contributed by atoms with Crippen molar-refractivity contribution in [2.75, 3.05) is 11.9 Å². The molecule has 2 rings (SSSR count). The lowest BCUT2D eigenvalue weighted by Crippen LogP contribution is -2.37. The summed E-state index contributed by atoms with van der Waals surface area (Å²) >= 11 is 3.61. The van der Waals surface area contributed by atoms with E-state index in [2.05, 4.69) is 58.6 Å². The lowest BCUT2D eigenvalue weighted by molar-refractivity contribution is 0.371. The third-order valence-electron chi connectivity index (χ3n) is 3.57. The monoisotopic (exact) mass is 310 g/mol. The summed E-state index contributed by atoms with van der Waals surface area (Å²) < 4.78 is 1.15. The van der Waals surface area contributed by atoms with Gasteiger partial charge in [-0.25, -0.2) is 0 Å². The van der Waals surface area contributed by atoms with Crippen LogP contribution < -0.4 is 10.6 Å². The normalized spacial score (nSPS) is 21.6. The predicted molar refractivity (Wildman–Crippen MR) is 82.2 cm³/mol.